The van der Waals surface area contributed by atoms with E-state index < -0.39 is 12.6 Å². The summed E-state index contributed by atoms with van der Waals surface area (Å²) < 4.78 is 24.2. The van der Waals surface area contributed by atoms with Gasteiger partial charge in [-0.25, -0.2) is 4.39 Å². The average Bonchev–Trinajstić information content (AvgIpc) is 2.58. The third-order valence-electron chi connectivity index (χ3n) is 4.45. The van der Waals surface area contributed by atoms with Gasteiger partial charge in [-0.3, -0.25) is 4.79 Å². The molecule has 0 aliphatic heterocycles. The summed E-state index contributed by atoms with van der Waals surface area (Å²) in [5, 5.41) is 18.8. The molecule has 0 saturated heterocycles. The van der Waals surface area contributed by atoms with E-state index in [0.29, 0.717) is 37.0 Å². The van der Waals surface area contributed by atoms with Crippen molar-refractivity contribution in [2.45, 2.75) is 25.7 Å². The van der Waals surface area contributed by atoms with Crippen LogP contribution >= 0.6 is 0 Å². The fourth-order valence-corrected chi connectivity index (χ4v) is 3.13. The van der Waals surface area contributed by atoms with Crippen molar-refractivity contribution in [2.24, 2.45) is 11.8 Å². The summed E-state index contributed by atoms with van der Waals surface area (Å²) in [7, 11) is 1.36. The van der Waals surface area contributed by atoms with E-state index in [1.165, 1.54) is 19.3 Å². The van der Waals surface area contributed by atoms with Gasteiger partial charge in [-0.1, -0.05) is 6.08 Å². The molecule has 0 fully saturated rings. The van der Waals surface area contributed by atoms with Crippen LogP contribution in [0, 0.1) is 17.7 Å². The van der Waals surface area contributed by atoms with Crippen LogP contribution in [0.25, 0.3) is 0 Å². The number of phenolic OH excluding ortho intramolecular Hbond substituents is 1. The third-order valence-corrected chi connectivity index (χ3v) is 4.45. The highest BCUT2D eigenvalue weighted by Crippen LogP contribution is 2.35. The van der Waals surface area contributed by atoms with Crippen LogP contribution in [0.15, 0.2) is 36.6 Å². The van der Waals surface area contributed by atoms with Crippen molar-refractivity contribution in [1.82, 2.24) is 0 Å². The van der Waals surface area contributed by atoms with Gasteiger partial charge in [-0.2, -0.15) is 0 Å². The lowest BCUT2D eigenvalue weighted by Crippen LogP contribution is -2.25. The molecule has 0 bridgehead atoms. The Morgan fingerprint density at radius 1 is 1.40 bits per heavy atom. The molecular formula is C19H23FO5. The Bertz CT molecular complexity index is 668. The van der Waals surface area contributed by atoms with Crippen LogP contribution in [-0.4, -0.2) is 29.9 Å². The normalized spacial score (nSPS) is 20.1. The van der Waals surface area contributed by atoms with Crippen LogP contribution in [0.2, 0.25) is 0 Å². The van der Waals surface area contributed by atoms with Gasteiger partial charge in [0.2, 0.25) is 0 Å². The van der Waals surface area contributed by atoms with E-state index in [4.69, 9.17) is 14.6 Å². The number of hydrogen-bond donors (Lipinski definition) is 2. The molecule has 1 aliphatic rings. The molecule has 0 radical (unpaired) electrons. The van der Waals surface area contributed by atoms with Crippen LogP contribution in [0.4, 0.5) is 4.39 Å². The Labute approximate surface area is 146 Å². The van der Waals surface area contributed by atoms with Gasteiger partial charge in [0, 0.05) is 24.0 Å². The number of rotatable bonds is 8. The van der Waals surface area contributed by atoms with Crippen molar-refractivity contribution >= 4 is 5.78 Å². The summed E-state index contributed by atoms with van der Waals surface area (Å²) in [4.78, 5) is 12.1. The first kappa shape index (κ1) is 19.0. The lowest BCUT2D eigenvalue weighted by Gasteiger charge is -2.28. The first-order valence-corrected chi connectivity index (χ1v) is 8.15. The molecule has 0 saturated carbocycles. The zero-order chi connectivity index (χ0) is 18.4. The molecule has 1 aromatic rings. The van der Waals surface area contributed by atoms with Gasteiger partial charge in [-0.05, 0) is 37.3 Å². The van der Waals surface area contributed by atoms with Crippen LogP contribution in [-0.2, 0) is 16.0 Å². The minimum atomic E-state index is -0.514. The summed E-state index contributed by atoms with van der Waals surface area (Å²) in [6, 6.07) is 2.50. The SMILES string of the molecule is C=CCC1CC(CCc2cc(O)c(OC)cc2F)C(OCO)=CC1=O. The molecule has 0 aromatic heterocycles. The van der Waals surface area contributed by atoms with E-state index in [2.05, 4.69) is 6.58 Å². The summed E-state index contributed by atoms with van der Waals surface area (Å²) in [5.74, 6) is -0.415. The first-order valence-electron chi connectivity index (χ1n) is 8.15. The number of aliphatic hydroxyl groups is 1. The number of ether oxygens (including phenoxy) is 2. The second-order valence-corrected chi connectivity index (χ2v) is 6.03. The molecule has 1 aliphatic carbocycles. The van der Waals surface area contributed by atoms with Crippen molar-refractivity contribution in [2.75, 3.05) is 13.9 Å². The Morgan fingerprint density at radius 3 is 2.80 bits per heavy atom. The highest BCUT2D eigenvalue weighted by molar-refractivity contribution is 5.93. The fourth-order valence-electron chi connectivity index (χ4n) is 3.13. The van der Waals surface area contributed by atoms with E-state index in [0.717, 1.165) is 6.07 Å². The summed E-state index contributed by atoms with van der Waals surface area (Å²) in [5.41, 5.74) is 0.360. The Morgan fingerprint density at radius 2 is 2.16 bits per heavy atom. The third kappa shape index (κ3) is 4.60. The number of halogens is 1. The fraction of sp³-hybridized carbons (Fsp3) is 0.421. The molecule has 2 N–H and O–H groups in total. The summed E-state index contributed by atoms with van der Waals surface area (Å²) >= 11 is 0. The molecule has 0 heterocycles. The predicted octanol–water partition coefficient (Wildman–Crippen LogP) is 3.10. The second kappa shape index (κ2) is 8.67. The molecule has 136 valence electrons. The van der Waals surface area contributed by atoms with Crippen LogP contribution in [0.1, 0.15) is 24.8 Å². The average molecular weight is 350 g/mol. The number of benzene rings is 1. The molecule has 1 aromatic carbocycles. The maximum atomic E-state index is 14.1. The van der Waals surface area contributed by atoms with E-state index in [1.54, 1.807) is 6.08 Å². The van der Waals surface area contributed by atoms with E-state index in [1.807, 2.05) is 0 Å². The molecule has 2 unspecified atom stereocenters. The predicted molar refractivity (Wildman–Crippen MR) is 90.6 cm³/mol. The van der Waals surface area contributed by atoms with Crippen molar-refractivity contribution in [3.05, 3.63) is 48.0 Å². The smallest absolute Gasteiger partial charge is 0.185 e. The minimum absolute atomic E-state index is 0.0483. The van der Waals surface area contributed by atoms with Gasteiger partial charge in [0.05, 0.1) is 7.11 Å². The van der Waals surface area contributed by atoms with E-state index >= 15 is 0 Å². The Balaban J connectivity index is 2.14. The number of allylic oxidation sites excluding steroid dienone is 3. The van der Waals surface area contributed by atoms with Gasteiger partial charge in [-0.15, -0.1) is 6.58 Å². The molecule has 25 heavy (non-hydrogen) atoms. The van der Waals surface area contributed by atoms with Crippen LogP contribution < -0.4 is 4.74 Å². The molecule has 6 heteroatoms. The van der Waals surface area contributed by atoms with Crippen LogP contribution in [0.5, 0.6) is 11.5 Å². The van der Waals surface area contributed by atoms with Gasteiger partial charge in [0.15, 0.2) is 24.1 Å². The number of aryl methyl sites for hydroxylation is 1. The van der Waals surface area contributed by atoms with Gasteiger partial charge in [0.1, 0.15) is 11.6 Å². The standard InChI is InChI=1S/C19H23FO5/c1-3-4-13-7-14(18(25-11-21)10-16(13)22)6-5-12-8-17(23)19(24-2)9-15(12)20/h3,8-10,13-14,21,23H,1,4-7,11H2,2H3. The second-order valence-electron chi connectivity index (χ2n) is 6.03. The highest BCUT2D eigenvalue weighted by atomic mass is 19.1. The van der Waals surface area contributed by atoms with Gasteiger partial charge < -0.3 is 19.7 Å². The summed E-state index contributed by atoms with van der Waals surface area (Å²) in [6.07, 6.45) is 5.12. The Hall–Kier alpha value is -2.34. The molecular weight excluding hydrogens is 327 g/mol. The van der Waals surface area contributed by atoms with Crippen molar-refractivity contribution in [3.63, 3.8) is 0 Å². The molecule has 2 rings (SSSR count). The number of hydrogen-bond acceptors (Lipinski definition) is 5. The van der Waals surface area contributed by atoms with Crippen LogP contribution in [0.3, 0.4) is 0 Å². The quantitative estimate of drug-likeness (QED) is 0.556. The lowest BCUT2D eigenvalue weighted by molar-refractivity contribution is -0.120. The largest absolute Gasteiger partial charge is 0.504 e. The maximum absolute atomic E-state index is 14.1. The zero-order valence-electron chi connectivity index (χ0n) is 14.2. The molecule has 0 amide bonds. The summed E-state index contributed by atoms with van der Waals surface area (Å²) in [6.45, 7) is 3.15. The van der Waals surface area contributed by atoms with E-state index in [-0.39, 0.29) is 29.1 Å². The number of methoxy groups -OCH3 is 1. The number of ketones is 1. The number of phenols is 1. The highest BCUT2D eigenvalue weighted by Gasteiger charge is 2.30. The first-order chi connectivity index (χ1) is 12.0. The van der Waals surface area contributed by atoms with Gasteiger partial charge in [0.25, 0.3) is 0 Å². The van der Waals surface area contributed by atoms with Crippen molar-refractivity contribution in [1.29, 1.82) is 0 Å². The maximum Gasteiger partial charge on any atom is 0.185 e. The van der Waals surface area contributed by atoms with Gasteiger partial charge >= 0.3 is 0 Å². The lowest BCUT2D eigenvalue weighted by atomic mass is 9.80. The van der Waals surface area contributed by atoms with Crippen molar-refractivity contribution in [3.8, 4) is 11.5 Å². The molecule has 5 nitrogen and oxygen atoms in total. The van der Waals surface area contributed by atoms with Crippen molar-refractivity contribution < 1.29 is 28.9 Å². The molecule has 0 spiro atoms. The topological polar surface area (TPSA) is 76.0 Å². The Kier molecular flexibility index (Phi) is 6.58. The number of aromatic hydroxyl groups is 1. The monoisotopic (exact) mass is 350 g/mol. The molecule has 2 atom stereocenters. The number of aliphatic hydroxyl groups excluding tert-OH is 1. The van der Waals surface area contributed by atoms with E-state index in [9.17, 15) is 14.3 Å². The zero-order valence-corrected chi connectivity index (χ0v) is 14.2. The number of carbonyl (C=O) groups excluding carboxylic acids is 1. The minimum Gasteiger partial charge on any atom is -0.504 e. The number of carbonyl (C=O) groups is 1.